The van der Waals surface area contributed by atoms with Gasteiger partial charge >= 0.3 is 17.7 Å². The van der Waals surface area contributed by atoms with Crippen LogP contribution in [0.4, 0.5) is 0 Å². The van der Waals surface area contributed by atoms with Gasteiger partial charge in [0.25, 0.3) is 0 Å². The molecule has 0 aromatic heterocycles. The maximum Gasteiger partial charge on any atom is 0.318 e. The Morgan fingerprint density at radius 1 is 0.242 bits per heavy atom. The van der Waals surface area contributed by atoms with Gasteiger partial charge in [-0.1, -0.05) is 178 Å². The molecule has 0 N–H and O–H groups in total. The molecule has 0 radical (unpaired) electrons. The molecule has 0 aliphatic rings. The molecule has 0 spiro atoms. The molecule has 0 aromatic carbocycles. The third-order valence-corrected chi connectivity index (χ3v) is 15.7. The topological polar surface area (TPSA) is 51.2 Å². The molecule has 3 amide bonds. The van der Waals surface area contributed by atoms with Gasteiger partial charge < -0.3 is 0 Å². The van der Waals surface area contributed by atoms with Crippen LogP contribution < -0.4 is 0 Å². The fraction of sp³-hybridized carbons (Fsp3) is 0.950. The highest BCUT2D eigenvalue weighted by Gasteiger charge is 2.48. The Morgan fingerprint density at radius 3 is 0.576 bits per heavy atom. The molecule has 0 atom stereocenters. The van der Waals surface area contributed by atoms with Gasteiger partial charge in [-0.15, -0.1) is 0 Å². The number of hydrogen-bond acceptors (Lipinski definition) is 3. The van der Waals surface area contributed by atoms with E-state index in [-0.39, 0.29) is 18.7 Å². The summed E-state index contributed by atoms with van der Waals surface area (Å²) in [5.41, 5.74) is 0. The van der Waals surface area contributed by atoms with Crippen molar-refractivity contribution in [3.05, 3.63) is 0 Å². The standard InChI is InChI=1S/C60H122N3O3/c1-10-19-28-37-46-61(47-38-29-20-11-2,48-39-30-21-12-3)58(64)55-57(60(66)63(52-43-34-25-16-7,53-44-35-26-17-8)54-45-36-27-18-9)56-59(65)62(49-40-31-22-13-4,50-41-32-23-14-5)51-42-33-24-15-6/h57H,10-56H2,1-9H3/q+3. The van der Waals surface area contributed by atoms with E-state index in [2.05, 4.69) is 62.3 Å². The zero-order valence-corrected chi connectivity index (χ0v) is 46.9. The molecule has 0 saturated heterocycles. The van der Waals surface area contributed by atoms with E-state index in [1.165, 1.54) is 116 Å². The lowest BCUT2D eigenvalue weighted by molar-refractivity contribution is -0.861. The van der Waals surface area contributed by atoms with Crippen LogP contribution in [0, 0.1) is 5.92 Å². The molecule has 6 heteroatoms. The zero-order chi connectivity index (χ0) is 49.0. The molecule has 0 unspecified atom stereocenters. The van der Waals surface area contributed by atoms with E-state index < -0.39 is 5.92 Å². The lowest BCUT2D eigenvalue weighted by Crippen LogP contribution is -2.61. The Labute approximate surface area is 415 Å². The number of hydrogen-bond donors (Lipinski definition) is 0. The third-order valence-electron chi connectivity index (χ3n) is 15.7. The van der Waals surface area contributed by atoms with Crippen molar-refractivity contribution >= 4 is 17.7 Å². The molecular formula is C60H122N3O3+3. The number of rotatable bonds is 50. The Kier molecular flexibility index (Phi) is 43.1. The summed E-state index contributed by atoms with van der Waals surface area (Å²) in [6, 6.07) is 0. The number of unbranched alkanes of at least 4 members (excludes halogenated alkanes) is 27. The average molecular weight is 934 g/mol. The van der Waals surface area contributed by atoms with Crippen LogP contribution in [-0.2, 0) is 14.4 Å². The lowest BCUT2D eigenvalue weighted by Gasteiger charge is -2.41. The van der Waals surface area contributed by atoms with Crippen molar-refractivity contribution < 1.29 is 27.8 Å². The molecule has 392 valence electrons. The number of amides is 3. The Morgan fingerprint density at radius 2 is 0.409 bits per heavy atom. The van der Waals surface area contributed by atoms with Crippen LogP contribution >= 0.6 is 0 Å². The molecule has 6 nitrogen and oxygen atoms in total. The SMILES string of the molecule is CCCCCC[N+](CCCCCC)(CCCCCC)C(=O)CC(CC(=O)[N+](CCCCCC)(CCCCCC)CCCCCC)C(=O)[N+](CCCCCC)(CCCCCC)CCCCCC. The van der Waals surface area contributed by atoms with Crippen LogP contribution in [0.25, 0.3) is 0 Å². The van der Waals surface area contributed by atoms with Crippen molar-refractivity contribution in [2.24, 2.45) is 5.92 Å². The van der Waals surface area contributed by atoms with Gasteiger partial charge in [0.05, 0.1) is 77.7 Å². The van der Waals surface area contributed by atoms with E-state index in [0.717, 1.165) is 174 Å². The molecule has 66 heavy (non-hydrogen) atoms. The number of carbonyl (C=O) groups excluding carboxylic acids is 3. The lowest BCUT2D eigenvalue weighted by atomic mass is 9.92. The van der Waals surface area contributed by atoms with Gasteiger partial charge in [0.2, 0.25) is 0 Å². The summed E-state index contributed by atoms with van der Waals surface area (Å²) in [4.78, 5) is 48.0. The normalized spacial score (nSPS) is 12.5. The van der Waals surface area contributed by atoms with Gasteiger partial charge in [-0.25, -0.2) is 14.4 Å². The summed E-state index contributed by atoms with van der Waals surface area (Å²) in [6.45, 7) is 28.5. The van der Waals surface area contributed by atoms with Crippen molar-refractivity contribution in [2.45, 2.75) is 306 Å². The van der Waals surface area contributed by atoms with Crippen molar-refractivity contribution in [1.29, 1.82) is 0 Å². The number of nitrogens with zero attached hydrogens (tertiary/aromatic N) is 3. The average Bonchev–Trinajstić information content (AvgIpc) is 3.32. The molecular weight excluding hydrogens is 811 g/mol. The maximum absolute atomic E-state index is 16.3. The first kappa shape index (κ1) is 64.9. The summed E-state index contributed by atoms with van der Waals surface area (Å²) in [7, 11) is 0. The van der Waals surface area contributed by atoms with E-state index in [0.29, 0.717) is 25.3 Å². The maximum atomic E-state index is 16.3. The van der Waals surface area contributed by atoms with Crippen LogP contribution in [0.1, 0.15) is 306 Å². The fourth-order valence-corrected chi connectivity index (χ4v) is 11.1. The van der Waals surface area contributed by atoms with E-state index in [4.69, 9.17) is 0 Å². The molecule has 0 aliphatic carbocycles. The summed E-state index contributed by atoms with van der Waals surface area (Å²) >= 11 is 0. The van der Waals surface area contributed by atoms with Crippen molar-refractivity contribution in [2.75, 3.05) is 58.9 Å². The van der Waals surface area contributed by atoms with E-state index >= 15 is 14.4 Å². The minimum Gasteiger partial charge on any atom is -0.260 e. The van der Waals surface area contributed by atoms with Gasteiger partial charge in [0, 0.05) is 0 Å². The fourth-order valence-electron chi connectivity index (χ4n) is 11.1. The smallest absolute Gasteiger partial charge is 0.260 e. The van der Waals surface area contributed by atoms with Gasteiger partial charge in [-0.3, -0.25) is 13.4 Å². The molecule has 0 bridgehead atoms. The van der Waals surface area contributed by atoms with E-state index in [9.17, 15) is 0 Å². The molecule has 0 aliphatic heterocycles. The Balaban J connectivity index is 7.94. The predicted molar refractivity (Wildman–Crippen MR) is 290 cm³/mol. The van der Waals surface area contributed by atoms with Gasteiger partial charge in [0.1, 0.15) is 0 Å². The summed E-state index contributed by atoms with van der Waals surface area (Å²) < 4.78 is 1.56. The van der Waals surface area contributed by atoms with E-state index in [1.54, 1.807) is 0 Å². The van der Waals surface area contributed by atoms with Gasteiger partial charge in [0.15, 0.2) is 0 Å². The molecule has 0 heterocycles. The minimum absolute atomic E-state index is 0.250. The predicted octanol–water partition coefficient (Wildman–Crippen LogP) is 17.6. The molecule has 0 fully saturated rings. The minimum atomic E-state index is -0.549. The number of quaternary nitrogens is 3. The summed E-state index contributed by atoms with van der Waals surface area (Å²) in [5.74, 6) is 0.299. The van der Waals surface area contributed by atoms with Crippen molar-refractivity contribution in [3.8, 4) is 0 Å². The second-order valence-electron chi connectivity index (χ2n) is 21.7. The second kappa shape index (κ2) is 43.9. The van der Waals surface area contributed by atoms with Crippen LogP contribution in [0.3, 0.4) is 0 Å². The van der Waals surface area contributed by atoms with E-state index in [1.807, 2.05) is 0 Å². The Bertz CT molecular complexity index is 970. The van der Waals surface area contributed by atoms with Crippen LogP contribution in [0.2, 0.25) is 0 Å². The Hall–Kier alpha value is -1.11. The molecule has 0 rings (SSSR count). The second-order valence-corrected chi connectivity index (χ2v) is 21.7. The highest BCUT2D eigenvalue weighted by molar-refractivity contribution is 5.84. The number of carbonyl (C=O) groups is 3. The monoisotopic (exact) mass is 933 g/mol. The zero-order valence-electron chi connectivity index (χ0n) is 46.9. The highest BCUT2D eigenvalue weighted by atomic mass is 16.2. The van der Waals surface area contributed by atoms with Crippen molar-refractivity contribution in [1.82, 2.24) is 0 Å². The molecule has 0 saturated carbocycles. The third kappa shape index (κ3) is 28.5. The highest BCUT2D eigenvalue weighted by Crippen LogP contribution is 2.31. The van der Waals surface area contributed by atoms with Gasteiger partial charge in [-0.2, -0.15) is 0 Å². The largest absolute Gasteiger partial charge is 0.318 e. The van der Waals surface area contributed by atoms with Gasteiger partial charge in [-0.05, 0) is 116 Å². The van der Waals surface area contributed by atoms with Crippen LogP contribution in [-0.4, -0.2) is 90.1 Å². The molecule has 0 aromatic rings. The van der Waals surface area contributed by atoms with Crippen molar-refractivity contribution in [3.63, 3.8) is 0 Å². The van der Waals surface area contributed by atoms with Crippen LogP contribution in [0.5, 0.6) is 0 Å². The summed E-state index contributed by atoms with van der Waals surface area (Å²) in [5, 5.41) is 0. The first-order valence-corrected chi connectivity index (χ1v) is 30.3. The first-order chi connectivity index (χ1) is 32.1. The summed E-state index contributed by atoms with van der Waals surface area (Å²) in [6.07, 6.45) is 41.9. The van der Waals surface area contributed by atoms with Crippen LogP contribution in [0.15, 0.2) is 0 Å². The quantitative estimate of drug-likeness (QED) is 0.0451. The first-order valence-electron chi connectivity index (χ1n) is 30.3.